The van der Waals surface area contributed by atoms with Crippen LogP contribution in [0.25, 0.3) is 0 Å². The van der Waals surface area contributed by atoms with Crippen molar-refractivity contribution in [3.05, 3.63) is 35.4 Å². The molecule has 1 N–H and O–H groups in total. The molecule has 0 aromatic heterocycles. The molecule has 1 aromatic rings. The number of rotatable bonds is 3. The van der Waals surface area contributed by atoms with Crippen LogP contribution in [-0.2, 0) is 0 Å². The molecule has 0 spiro atoms. The van der Waals surface area contributed by atoms with Crippen molar-refractivity contribution in [3.63, 3.8) is 0 Å². The lowest BCUT2D eigenvalue weighted by atomic mass is 9.90. The summed E-state index contributed by atoms with van der Waals surface area (Å²) < 4.78 is 14.1. The van der Waals surface area contributed by atoms with Gasteiger partial charge in [0, 0.05) is 0 Å². The Labute approximate surface area is 97.1 Å². The van der Waals surface area contributed by atoms with E-state index in [-0.39, 0.29) is 0 Å². The number of hydrogen-bond acceptors (Lipinski definition) is 1. The number of alkyl halides is 1. The molecule has 1 heterocycles. The van der Waals surface area contributed by atoms with Crippen LogP contribution in [0, 0.1) is 12.8 Å². The molecular weight excluding hydrogens is 201 g/mol. The molecule has 88 valence electrons. The standard InChI is InChI=1S/C14H20FN/c1-11-3-2-4-13(9-11)14(15)10-12-5-7-16-8-6-12/h2-4,9,12,14,16H,5-8,10H2,1H3. The van der Waals surface area contributed by atoms with Crippen LogP contribution >= 0.6 is 0 Å². The zero-order valence-corrected chi connectivity index (χ0v) is 9.88. The summed E-state index contributed by atoms with van der Waals surface area (Å²) in [4.78, 5) is 0. The highest BCUT2D eigenvalue weighted by molar-refractivity contribution is 5.24. The van der Waals surface area contributed by atoms with Crippen LogP contribution in [0.3, 0.4) is 0 Å². The molecule has 0 amide bonds. The Balaban J connectivity index is 1.94. The monoisotopic (exact) mass is 221 g/mol. The second kappa shape index (κ2) is 5.44. The first-order valence-electron chi connectivity index (χ1n) is 6.17. The third kappa shape index (κ3) is 3.05. The van der Waals surface area contributed by atoms with Gasteiger partial charge in [0.15, 0.2) is 0 Å². The molecule has 1 atom stereocenters. The predicted molar refractivity (Wildman–Crippen MR) is 65.2 cm³/mol. The smallest absolute Gasteiger partial charge is 0.125 e. The summed E-state index contributed by atoms with van der Waals surface area (Å²) in [6.07, 6.45) is 2.13. The molecule has 0 radical (unpaired) electrons. The van der Waals surface area contributed by atoms with Crippen molar-refractivity contribution in [1.82, 2.24) is 5.32 Å². The van der Waals surface area contributed by atoms with Gasteiger partial charge in [0.05, 0.1) is 0 Å². The Morgan fingerprint density at radius 1 is 1.38 bits per heavy atom. The van der Waals surface area contributed by atoms with E-state index in [2.05, 4.69) is 5.32 Å². The fraction of sp³-hybridized carbons (Fsp3) is 0.571. The summed E-state index contributed by atoms with van der Waals surface area (Å²) in [6.45, 7) is 4.11. The Bertz CT molecular complexity index is 331. The van der Waals surface area contributed by atoms with Gasteiger partial charge in [0.2, 0.25) is 0 Å². The number of hydrogen-bond donors (Lipinski definition) is 1. The second-order valence-corrected chi connectivity index (χ2v) is 4.81. The molecule has 0 bridgehead atoms. The number of aryl methyl sites for hydroxylation is 1. The van der Waals surface area contributed by atoms with E-state index >= 15 is 0 Å². The summed E-state index contributed by atoms with van der Waals surface area (Å²) in [5, 5.41) is 3.31. The molecule has 1 aromatic carbocycles. The summed E-state index contributed by atoms with van der Waals surface area (Å²) in [5.74, 6) is 0.553. The third-order valence-electron chi connectivity index (χ3n) is 3.40. The predicted octanol–water partition coefficient (Wildman–Crippen LogP) is 3.40. The van der Waals surface area contributed by atoms with Gasteiger partial charge in [0.25, 0.3) is 0 Å². The Kier molecular flexibility index (Phi) is 3.94. The minimum absolute atomic E-state index is 0.553. The van der Waals surface area contributed by atoms with E-state index in [0.29, 0.717) is 12.3 Å². The van der Waals surface area contributed by atoms with Crippen molar-refractivity contribution in [2.75, 3.05) is 13.1 Å². The van der Waals surface area contributed by atoms with Gasteiger partial charge in [-0.1, -0.05) is 29.8 Å². The molecule has 1 aliphatic rings. The number of benzene rings is 1. The van der Waals surface area contributed by atoms with E-state index in [9.17, 15) is 4.39 Å². The second-order valence-electron chi connectivity index (χ2n) is 4.81. The minimum atomic E-state index is -0.789. The van der Waals surface area contributed by atoms with Crippen molar-refractivity contribution >= 4 is 0 Å². The first kappa shape index (κ1) is 11.6. The quantitative estimate of drug-likeness (QED) is 0.825. The summed E-state index contributed by atoms with van der Waals surface area (Å²) >= 11 is 0. The maximum Gasteiger partial charge on any atom is 0.125 e. The largest absolute Gasteiger partial charge is 0.317 e. The van der Waals surface area contributed by atoms with E-state index in [4.69, 9.17) is 0 Å². The SMILES string of the molecule is Cc1cccc(C(F)CC2CCNCC2)c1. The van der Waals surface area contributed by atoms with Gasteiger partial charge in [-0.15, -0.1) is 0 Å². The van der Waals surface area contributed by atoms with E-state index in [1.165, 1.54) is 0 Å². The van der Waals surface area contributed by atoms with Crippen molar-refractivity contribution in [2.24, 2.45) is 5.92 Å². The minimum Gasteiger partial charge on any atom is -0.317 e. The summed E-state index contributed by atoms with van der Waals surface area (Å²) in [5.41, 5.74) is 1.99. The summed E-state index contributed by atoms with van der Waals surface area (Å²) in [7, 11) is 0. The maximum atomic E-state index is 14.1. The number of piperidine rings is 1. The van der Waals surface area contributed by atoms with E-state index in [1.54, 1.807) is 0 Å². The van der Waals surface area contributed by atoms with Gasteiger partial charge >= 0.3 is 0 Å². The van der Waals surface area contributed by atoms with Crippen molar-refractivity contribution in [3.8, 4) is 0 Å². The van der Waals surface area contributed by atoms with E-state index in [0.717, 1.165) is 37.1 Å². The molecule has 1 aliphatic heterocycles. The van der Waals surface area contributed by atoms with Crippen molar-refractivity contribution < 1.29 is 4.39 Å². The van der Waals surface area contributed by atoms with Crippen LogP contribution in [0.4, 0.5) is 4.39 Å². The number of halogens is 1. The Morgan fingerprint density at radius 3 is 2.81 bits per heavy atom. The van der Waals surface area contributed by atoms with Crippen LogP contribution in [0.15, 0.2) is 24.3 Å². The molecular formula is C14H20FN. The van der Waals surface area contributed by atoms with Gasteiger partial charge in [-0.3, -0.25) is 0 Å². The molecule has 2 rings (SSSR count). The molecule has 1 nitrogen and oxygen atoms in total. The average Bonchev–Trinajstić information content (AvgIpc) is 2.30. The molecule has 1 fully saturated rings. The molecule has 2 heteroatoms. The van der Waals surface area contributed by atoms with Crippen LogP contribution in [0.5, 0.6) is 0 Å². The lowest BCUT2D eigenvalue weighted by Gasteiger charge is -2.24. The maximum absolute atomic E-state index is 14.1. The molecule has 0 saturated carbocycles. The molecule has 1 unspecified atom stereocenters. The highest BCUT2D eigenvalue weighted by Gasteiger charge is 2.19. The highest BCUT2D eigenvalue weighted by Crippen LogP contribution is 2.29. The fourth-order valence-electron chi connectivity index (χ4n) is 2.41. The normalized spacial score (nSPS) is 19.6. The Hall–Kier alpha value is -0.890. The molecule has 0 aliphatic carbocycles. The van der Waals surface area contributed by atoms with Crippen LogP contribution in [0.1, 0.15) is 36.6 Å². The zero-order chi connectivity index (χ0) is 11.4. The van der Waals surface area contributed by atoms with Crippen LogP contribution in [0.2, 0.25) is 0 Å². The first-order valence-corrected chi connectivity index (χ1v) is 6.17. The Morgan fingerprint density at radius 2 is 2.12 bits per heavy atom. The topological polar surface area (TPSA) is 12.0 Å². The van der Waals surface area contributed by atoms with Crippen LogP contribution < -0.4 is 5.32 Å². The van der Waals surface area contributed by atoms with E-state index in [1.807, 2.05) is 31.2 Å². The first-order chi connectivity index (χ1) is 7.75. The summed E-state index contributed by atoms with van der Waals surface area (Å²) in [6, 6.07) is 7.82. The van der Waals surface area contributed by atoms with Gasteiger partial charge in [0.1, 0.15) is 6.17 Å². The van der Waals surface area contributed by atoms with Gasteiger partial charge in [-0.05, 0) is 50.8 Å². The van der Waals surface area contributed by atoms with Gasteiger partial charge < -0.3 is 5.32 Å². The van der Waals surface area contributed by atoms with Gasteiger partial charge in [-0.2, -0.15) is 0 Å². The molecule has 16 heavy (non-hydrogen) atoms. The van der Waals surface area contributed by atoms with Gasteiger partial charge in [-0.25, -0.2) is 4.39 Å². The zero-order valence-electron chi connectivity index (χ0n) is 9.88. The number of nitrogens with one attached hydrogen (secondary N) is 1. The molecule has 1 saturated heterocycles. The van der Waals surface area contributed by atoms with Crippen molar-refractivity contribution in [1.29, 1.82) is 0 Å². The third-order valence-corrected chi connectivity index (χ3v) is 3.40. The highest BCUT2D eigenvalue weighted by atomic mass is 19.1. The fourth-order valence-corrected chi connectivity index (χ4v) is 2.41. The lowest BCUT2D eigenvalue weighted by molar-refractivity contribution is 0.240. The van der Waals surface area contributed by atoms with E-state index < -0.39 is 6.17 Å². The van der Waals surface area contributed by atoms with Crippen molar-refractivity contribution in [2.45, 2.75) is 32.4 Å². The lowest BCUT2D eigenvalue weighted by Crippen LogP contribution is -2.28. The van der Waals surface area contributed by atoms with Crippen LogP contribution in [-0.4, -0.2) is 13.1 Å². The average molecular weight is 221 g/mol.